The van der Waals surface area contributed by atoms with E-state index in [2.05, 4.69) is 10.4 Å². The van der Waals surface area contributed by atoms with Gasteiger partial charge in [-0.1, -0.05) is 18.2 Å². The molecule has 0 fully saturated rings. The van der Waals surface area contributed by atoms with E-state index in [-0.39, 0.29) is 23.1 Å². The molecule has 0 bridgehead atoms. The molecule has 0 radical (unpaired) electrons. The highest BCUT2D eigenvalue weighted by Gasteiger charge is 2.17. The van der Waals surface area contributed by atoms with Crippen molar-refractivity contribution >= 4 is 17.8 Å². The summed E-state index contributed by atoms with van der Waals surface area (Å²) in [5, 5.41) is 6.41. The molecule has 1 unspecified atom stereocenters. The lowest BCUT2D eigenvalue weighted by Crippen LogP contribution is -2.22. The van der Waals surface area contributed by atoms with E-state index in [1.54, 1.807) is 13.0 Å². The SMILES string of the molecule is CC1=CC(c2ccc(-n3cc(C(N)=O)c(NC(N)=O)n3)cc2)CC=C1F. The van der Waals surface area contributed by atoms with E-state index in [0.717, 1.165) is 5.56 Å². The van der Waals surface area contributed by atoms with Crippen molar-refractivity contribution in [3.05, 3.63) is 65.1 Å². The number of anilines is 1. The van der Waals surface area contributed by atoms with Gasteiger partial charge in [0.25, 0.3) is 5.91 Å². The Hall–Kier alpha value is -3.42. The maximum absolute atomic E-state index is 13.5. The smallest absolute Gasteiger partial charge is 0.317 e. The highest BCUT2D eigenvalue weighted by atomic mass is 19.1. The van der Waals surface area contributed by atoms with Gasteiger partial charge in [-0.25, -0.2) is 13.9 Å². The maximum Gasteiger partial charge on any atom is 0.317 e. The summed E-state index contributed by atoms with van der Waals surface area (Å²) in [5.74, 6) is -0.800. The molecule has 2 aromatic rings. The van der Waals surface area contributed by atoms with Crippen LogP contribution >= 0.6 is 0 Å². The quantitative estimate of drug-likeness (QED) is 0.783. The van der Waals surface area contributed by atoms with E-state index in [4.69, 9.17) is 11.5 Å². The third-order valence-electron chi connectivity index (χ3n) is 4.19. The monoisotopic (exact) mass is 355 g/mol. The maximum atomic E-state index is 13.5. The van der Waals surface area contributed by atoms with Crippen LogP contribution < -0.4 is 16.8 Å². The highest BCUT2D eigenvalue weighted by molar-refractivity contribution is 6.01. The largest absolute Gasteiger partial charge is 0.365 e. The van der Waals surface area contributed by atoms with E-state index in [1.165, 1.54) is 10.9 Å². The number of benzene rings is 1. The molecule has 0 aliphatic heterocycles. The molecule has 1 aromatic carbocycles. The van der Waals surface area contributed by atoms with Gasteiger partial charge in [-0.05, 0) is 42.7 Å². The number of hydrogen-bond donors (Lipinski definition) is 3. The first kappa shape index (κ1) is 17.4. The minimum Gasteiger partial charge on any atom is -0.365 e. The first-order valence-electron chi connectivity index (χ1n) is 7.96. The van der Waals surface area contributed by atoms with Crippen LogP contribution in [0.15, 0.2) is 54.0 Å². The Morgan fingerprint density at radius 2 is 1.96 bits per heavy atom. The van der Waals surface area contributed by atoms with Gasteiger partial charge in [-0.15, -0.1) is 5.10 Å². The van der Waals surface area contributed by atoms with E-state index in [0.29, 0.717) is 17.7 Å². The first-order chi connectivity index (χ1) is 12.3. The zero-order valence-electron chi connectivity index (χ0n) is 14.1. The lowest BCUT2D eigenvalue weighted by Gasteiger charge is -2.17. The van der Waals surface area contributed by atoms with Crippen LogP contribution in [0.25, 0.3) is 5.69 Å². The molecular formula is C18H18FN5O2. The number of nitrogens with zero attached hydrogens (tertiary/aromatic N) is 2. The molecule has 0 saturated carbocycles. The second kappa shape index (κ2) is 6.83. The molecule has 1 heterocycles. The second-order valence-corrected chi connectivity index (χ2v) is 6.02. The van der Waals surface area contributed by atoms with Crippen molar-refractivity contribution in [3.8, 4) is 5.69 Å². The van der Waals surface area contributed by atoms with Crippen molar-refractivity contribution in [3.63, 3.8) is 0 Å². The summed E-state index contributed by atoms with van der Waals surface area (Å²) in [6, 6.07) is 6.62. The Balaban J connectivity index is 1.87. The van der Waals surface area contributed by atoms with Crippen molar-refractivity contribution in [1.82, 2.24) is 9.78 Å². The fourth-order valence-corrected chi connectivity index (χ4v) is 2.84. The second-order valence-electron chi connectivity index (χ2n) is 6.02. The van der Waals surface area contributed by atoms with Gasteiger partial charge in [0.2, 0.25) is 0 Å². The fourth-order valence-electron chi connectivity index (χ4n) is 2.84. The number of nitrogens with two attached hydrogens (primary N) is 2. The van der Waals surface area contributed by atoms with Crippen molar-refractivity contribution in [2.45, 2.75) is 19.3 Å². The predicted molar refractivity (Wildman–Crippen MR) is 95.6 cm³/mol. The zero-order valence-corrected chi connectivity index (χ0v) is 14.1. The average molecular weight is 355 g/mol. The van der Waals surface area contributed by atoms with Gasteiger partial charge in [0.15, 0.2) is 5.82 Å². The van der Waals surface area contributed by atoms with E-state index < -0.39 is 11.9 Å². The predicted octanol–water partition coefficient (Wildman–Crippen LogP) is 2.75. The van der Waals surface area contributed by atoms with E-state index in [9.17, 15) is 14.0 Å². The summed E-state index contributed by atoms with van der Waals surface area (Å²) in [4.78, 5) is 22.5. The van der Waals surface area contributed by atoms with Gasteiger partial charge < -0.3 is 11.5 Å². The van der Waals surface area contributed by atoms with Gasteiger partial charge in [0, 0.05) is 12.1 Å². The van der Waals surface area contributed by atoms with Crippen molar-refractivity contribution < 1.29 is 14.0 Å². The van der Waals surface area contributed by atoms with Crippen LogP contribution in [0.2, 0.25) is 0 Å². The Bertz CT molecular complexity index is 928. The van der Waals surface area contributed by atoms with Crippen molar-refractivity contribution in [2.24, 2.45) is 11.5 Å². The van der Waals surface area contributed by atoms with Crippen LogP contribution in [-0.2, 0) is 0 Å². The molecule has 1 atom stereocenters. The van der Waals surface area contributed by atoms with Crippen LogP contribution in [-0.4, -0.2) is 21.7 Å². The standard InChI is InChI=1S/C18H18FN5O2/c1-10-8-12(4-7-15(10)19)11-2-5-13(6-3-11)24-9-14(16(20)25)17(23-24)22-18(21)26/h2-3,5-9,12H,4H2,1H3,(H2,20,25)(H3,21,22,23,26). The summed E-state index contributed by atoms with van der Waals surface area (Å²) in [5.41, 5.74) is 12.8. The van der Waals surface area contributed by atoms with Crippen LogP contribution in [0, 0.1) is 0 Å². The van der Waals surface area contributed by atoms with Gasteiger partial charge in [0.1, 0.15) is 11.4 Å². The molecule has 134 valence electrons. The molecule has 7 nitrogen and oxygen atoms in total. The number of nitrogens with one attached hydrogen (secondary N) is 1. The summed E-state index contributed by atoms with van der Waals surface area (Å²) in [6.07, 6.45) is 5.51. The Morgan fingerprint density at radius 1 is 1.27 bits per heavy atom. The van der Waals surface area contributed by atoms with Crippen molar-refractivity contribution in [2.75, 3.05) is 5.32 Å². The Labute approximate surface area is 149 Å². The number of halogens is 1. The Morgan fingerprint density at radius 3 is 2.54 bits per heavy atom. The molecule has 0 saturated heterocycles. The average Bonchev–Trinajstić information content (AvgIpc) is 3.01. The van der Waals surface area contributed by atoms with E-state index in [1.807, 2.05) is 30.3 Å². The molecule has 5 N–H and O–H groups in total. The molecule has 1 aliphatic carbocycles. The number of rotatable bonds is 4. The number of carbonyl (C=O) groups is 2. The van der Waals surface area contributed by atoms with Crippen LogP contribution in [0.4, 0.5) is 15.0 Å². The summed E-state index contributed by atoms with van der Waals surface area (Å²) < 4.78 is 14.9. The molecule has 1 aliphatic rings. The van der Waals surface area contributed by atoms with Crippen LogP contribution in [0.3, 0.4) is 0 Å². The van der Waals surface area contributed by atoms with Gasteiger partial charge in [0.05, 0.1) is 5.69 Å². The third kappa shape index (κ3) is 3.49. The number of carbonyl (C=O) groups excluding carboxylic acids is 2. The van der Waals surface area contributed by atoms with Crippen LogP contribution in [0.1, 0.15) is 35.2 Å². The summed E-state index contributed by atoms with van der Waals surface area (Å²) in [6.45, 7) is 1.74. The normalized spacial score (nSPS) is 16.6. The molecule has 1 aromatic heterocycles. The van der Waals surface area contributed by atoms with Gasteiger partial charge in [-0.3, -0.25) is 10.1 Å². The van der Waals surface area contributed by atoms with Crippen molar-refractivity contribution in [1.29, 1.82) is 0 Å². The number of aromatic nitrogens is 2. The summed E-state index contributed by atoms with van der Waals surface area (Å²) in [7, 11) is 0. The molecular weight excluding hydrogens is 337 g/mol. The minimum absolute atomic E-state index is 0.000488. The number of hydrogen-bond acceptors (Lipinski definition) is 3. The lowest BCUT2D eigenvalue weighted by molar-refractivity contribution is 0.100. The molecule has 3 rings (SSSR count). The lowest BCUT2D eigenvalue weighted by atomic mass is 9.89. The first-order valence-corrected chi connectivity index (χ1v) is 7.96. The van der Waals surface area contributed by atoms with Gasteiger partial charge in [-0.2, -0.15) is 0 Å². The fraction of sp³-hybridized carbons (Fsp3) is 0.167. The molecule has 26 heavy (non-hydrogen) atoms. The molecule has 0 spiro atoms. The van der Waals surface area contributed by atoms with E-state index >= 15 is 0 Å². The minimum atomic E-state index is -0.840. The number of primary amides is 2. The zero-order chi connectivity index (χ0) is 18.8. The number of amides is 3. The number of allylic oxidation sites excluding steroid dienone is 4. The molecule has 8 heteroatoms. The third-order valence-corrected chi connectivity index (χ3v) is 4.19. The Kier molecular flexibility index (Phi) is 4.57. The van der Waals surface area contributed by atoms with Gasteiger partial charge >= 0.3 is 6.03 Å². The topological polar surface area (TPSA) is 116 Å². The highest BCUT2D eigenvalue weighted by Crippen LogP contribution is 2.31. The molecule has 3 amide bonds. The van der Waals surface area contributed by atoms with Crippen LogP contribution in [0.5, 0.6) is 0 Å². The number of urea groups is 1. The summed E-state index contributed by atoms with van der Waals surface area (Å²) >= 11 is 0.